The van der Waals surface area contributed by atoms with E-state index in [-0.39, 0.29) is 0 Å². The van der Waals surface area contributed by atoms with Gasteiger partial charge >= 0.3 is 0 Å². The molecule has 0 aliphatic rings. The minimum Gasteiger partial charge on any atom is -0.396 e. The molecule has 1 N–H and O–H groups in total. The Morgan fingerprint density at radius 1 is 0.688 bits per heavy atom. The van der Waals surface area contributed by atoms with Crippen LogP contribution in [0.5, 0.6) is 0 Å². The summed E-state index contributed by atoms with van der Waals surface area (Å²) in [6.07, 6.45) is 10.1. The molecule has 16 heavy (non-hydrogen) atoms. The second-order valence-corrected chi connectivity index (χ2v) is 4.69. The fourth-order valence-corrected chi connectivity index (χ4v) is 1.95. The molecule has 0 rings (SSSR count). The molecular formula is C14H31NO. The molecule has 0 saturated carbocycles. The average molecular weight is 229 g/mol. The van der Waals surface area contributed by atoms with Crippen LogP contribution in [0.25, 0.3) is 0 Å². The lowest BCUT2D eigenvalue weighted by Gasteiger charge is -2.22. The molecule has 98 valence electrons. The zero-order chi connectivity index (χ0) is 12.1. The number of aliphatic hydroxyl groups excluding tert-OH is 1. The van der Waals surface area contributed by atoms with Crippen molar-refractivity contribution in [3.05, 3.63) is 0 Å². The molecule has 0 aliphatic heterocycles. The fraction of sp³-hybridized carbons (Fsp3) is 1.00. The van der Waals surface area contributed by atoms with Crippen molar-refractivity contribution in [2.45, 2.75) is 65.2 Å². The van der Waals surface area contributed by atoms with Crippen LogP contribution in [0.15, 0.2) is 0 Å². The van der Waals surface area contributed by atoms with E-state index >= 15 is 0 Å². The zero-order valence-corrected chi connectivity index (χ0v) is 11.4. The second kappa shape index (κ2) is 13.0. The van der Waals surface area contributed by atoms with Gasteiger partial charge in [-0.25, -0.2) is 0 Å². The van der Waals surface area contributed by atoms with Gasteiger partial charge in [-0.2, -0.15) is 0 Å². The van der Waals surface area contributed by atoms with Crippen molar-refractivity contribution in [2.24, 2.45) is 0 Å². The van der Waals surface area contributed by atoms with Crippen molar-refractivity contribution in [3.63, 3.8) is 0 Å². The normalized spacial score (nSPS) is 11.2. The first kappa shape index (κ1) is 15.9. The first-order valence-electron chi connectivity index (χ1n) is 7.18. The molecule has 0 atom stereocenters. The maximum atomic E-state index is 8.79. The molecule has 0 saturated heterocycles. The SMILES string of the molecule is CCCCCN(CCCCC)CCCCO. The van der Waals surface area contributed by atoms with Crippen LogP contribution in [0, 0.1) is 0 Å². The third kappa shape index (κ3) is 10.4. The molecule has 0 heterocycles. The second-order valence-electron chi connectivity index (χ2n) is 4.69. The van der Waals surface area contributed by atoms with Gasteiger partial charge in [-0.05, 0) is 45.3 Å². The van der Waals surface area contributed by atoms with E-state index in [0.717, 1.165) is 12.8 Å². The van der Waals surface area contributed by atoms with Gasteiger partial charge in [0.25, 0.3) is 0 Å². The maximum absolute atomic E-state index is 8.79. The Balaban J connectivity index is 3.58. The minimum absolute atomic E-state index is 0.345. The topological polar surface area (TPSA) is 23.5 Å². The third-order valence-corrected chi connectivity index (χ3v) is 3.04. The molecule has 0 fully saturated rings. The molecule has 0 aliphatic carbocycles. The standard InChI is InChI=1S/C14H31NO/c1-3-5-7-11-15(12-8-6-4-2)13-9-10-14-16/h16H,3-14H2,1-2H3. The lowest BCUT2D eigenvalue weighted by atomic mass is 10.2. The Morgan fingerprint density at radius 3 is 1.50 bits per heavy atom. The van der Waals surface area contributed by atoms with Crippen LogP contribution in [0.4, 0.5) is 0 Å². The Hall–Kier alpha value is -0.0800. The molecule has 0 spiro atoms. The Bertz CT molecular complexity index is 104. The highest BCUT2D eigenvalue weighted by molar-refractivity contribution is 4.58. The summed E-state index contributed by atoms with van der Waals surface area (Å²) >= 11 is 0. The molecule has 0 aromatic heterocycles. The van der Waals surface area contributed by atoms with Crippen molar-refractivity contribution in [2.75, 3.05) is 26.2 Å². The zero-order valence-electron chi connectivity index (χ0n) is 11.4. The van der Waals surface area contributed by atoms with Crippen molar-refractivity contribution >= 4 is 0 Å². The van der Waals surface area contributed by atoms with E-state index in [9.17, 15) is 0 Å². The Labute approximate surface area is 102 Å². The van der Waals surface area contributed by atoms with Gasteiger partial charge in [-0.15, -0.1) is 0 Å². The maximum Gasteiger partial charge on any atom is 0.0431 e. The predicted molar refractivity (Wildman–Crippen MR) is 71.8 cm³/mol. The molecule has 0 radical (unpaired) electrons. The molecule has 0 bridgehead atoms. The number of hydrogen-bond acceptors (Lipinski definition) is 2. The van der Waals surface area contributed by atoms with Crippen molar-refractivity contribution in [3.8, 4) is 0 Å². The van der Waals surface area contributed by atoms with Gasteiger partial charge in [-0.3, -0.25) is 0 Å². The Morgan fingerprint density at radius 2 is 1.12 bits per heavy atom. The van der Waals surface area contributed by atoms with E-state index < -0.39 is 0 Å². The van der Waals surface area contributed by atoms with Gasteiger partial charge in [0.2, 0.25) is 0 Å². The van der Waals surface area contributed by atoms with E-state index in [2.05, 4.69) is 18.7 Å². The van der Waals surface area contributed by atoms with Gasteiger partial charge in [-0.1, -0.05) is 39.5 Å². The van der Waals surface area contributed by atoms with Crippen LogP contribution < -0.4 is 0 Å². The Kier molecular flexibility index (Phi) is 12.9. The lowest BCUT2D eigenvalue weighted by Crippen LogP contribution is -2.27. The highest BCUT2D eigenvalue weighted by atomic mass is 16.2. The quantitative estimate of drug-likeness (QED) is 0.518. The summed E-state index contributed by atoms with van der Waals surface area (Å²) in [5.74, 6) is 0. The van der Waals surface area contributed by atoms with Crippen LogP contribution in [0.3, 0.4) is 0 Å². The minimum atomic E-state index is 0.345. The summed E-state index contributed by atoms with van der Waals surface area (Å²) in [7, 11) is 0. The van der Waals surface area contributed by atoms with Gasteiger partial charge in [0, 0.05) is 6.61 Å². The van der Waals surface area contributed by atoms with E-state index in [1.807, 2.05) is 0 Å². The van der Waals surface area contributed by atoms with Crippen LogP contribution in [-0.4, -0.2) is 36.2 Å². The van der Waals surface area contributed by atoms with Gasteiger partial charge < -0.3 is 10.0 Å². The molecule has 2 nitrogen and oxygen atoms in total. The highest BCUT2D eigenvalue weighted by Gasteiger charge is 2.03. The summed E-state index contributed by atoms with van der Waals surface area (Å²) in [5, 5.41) is 8.79. The summed E-state index contributed by atoms with van der Waals surface area (Å²) in [6, 6.07) is 0. The number of aliphatic hydroxyl groups is 1. The average Bonchev–Trinajstić information content (AvgIpc) is 2.29. The van der Waals surface area contributed by atoms with Gasteiger partial charge in [0.1, 0.15) is 0 Å². The van der Waals surface area contributed by atoms with Crippen molar-refractivity contribution in [1.82, 2.24) is 4.90 Å². The summed E-state index contributed by atoms with van der Waals surface area (Å²) in [6.45, 7) is 8.54. The predicted octanol–water partition coefficient (Wildman–Crippen LogP) is 3.44. The number of nitrogens with zero attached hydrogens (tertiary/aromatic N) is 1. The van der Waals surface area contributed by atoms with Gasteiger partial charge in [0.05, 0.1) is 0 Å². The number of hydrogen-bond donors (Lipinski definition) is 1. The van der Waals surface area contributed by atoms with Crippen LogP contribution in [0.1, 0.15) is 65.2 Å². The molecular weight excluding hydrogens is 198 g/mol. The highest BCUT2D eigenvalue weighted by Crippen LogP contribution is 2.04. The van der Waals surface area contributed by atoms with E-state index in [1.165, 1.54) is 58.2 Å². The van der Waals surface area contributed by atoms with Crippen molar-refractivity contribution in [1.29, 1.82) is 0 Å². The third-order valence-electron chi connectivity index (χ3n) is 3.04. The fourth-order valence-electron chi connectivity index (χ4n) is 1.95. The van der Waals surface area contributed by atoms with E-state index in [4.69, 9.17) is 5.11 Å². The molecule has 0 amide bonds. The largest absolute Gasteiger partial charge is 0.396 e. The molecule has 2 heteroatoms. The van der Waals surface area contributed by atoms with Crippen LogP contribution >= 0.6 is 0 Å². The first-order valence-corrected chi connectivity index (χ1v) is 7.18. The number of unbranched alkanes of at least 4 members (excludes halogenated alkanes) is 5. The monoisotopic (exact) mass is 229 g/mol. The molecule has 0 aromatic rings. The molecule has 0 aromatic carbocycles. The number of rotatable bonds is 12. The lowest BCUT2D eigenvalue weighted by molar-refractivity contribution is 0.235. The molecule has 0 unspecified atom stereocenters. The summed E-state index contributed by atoms with van der Waals surface area (Å²) in [5.41, 5.74) is 0. The van der Waals surface area contributed by atoms with Crippen LogP contribution in [-0.2, 0) is 0 Å². The summed E-state index contributed by atoms with van der Waals surface area (Å²) in [4.78, 5) is 2.58. The van der Waals surface area contributed by atoms with E-state index in [0.29, 0.717) is 6.61 Å². The first-order chi connectivity index (χ1) is 7.85. The van der Waals surface area contributed by atoms with Crippen molar-refractivity contribution < 1.29 is 5.11 Å². The van der Waals surface area contributed by atoms with Gasteiger partial charge in [0.15, 0.2) is 0 Å². The van der Waals surface area contributed by atoms with E-state index in [1.54, 1.807) is 0 Å². The smallest absolute Gasteiger partial charge is 0.0431 e. The summed E-state index contributed by atoms with van der Waals surface area (Å²) < 4.78 is 0. The van der Waals surface area contributed by atoms with Crippen LogP contribution in [0.2, 0.25) is 0 Å².